The third kappa shape index (κ3) is 6.32. The van der Waals surface area contributed by atoms with Gasteiger partial charge in [0.25, 0.3) is 0 Å². The van der Waals surface area contributed by atoms with Crippen molar-refractivity contribution < 1.29 is 13.6 Å². The molecule has 0 aromatic rings. The van der Waals surface area contributed by atoms with Gasteiger partial charge in [-0.05, 0) is 19.4 Å². The first-order valence-electron chi connectivity index (χ1n) is 4.02. The molecule has 3 nitrogen and oxygen atoms in total. The summed E-state index contributed by atoms with van der Waals surface area (Å²) < 4.78 is 10.1. The Kier molecular flexibility index (Phi) is 7.02. The van der Waals surface area contributed by atoms with Crippen LogP contribution in [-0.2, 0) is 13.6 Å². The van der Waals surface area contributed by atoms with Crippen LogP contribution in [0.4, 0.5) is 0 Å². The summed E-state index contributed by atoms with van der Waals surface area (Å²) in [7, 11) is 0.519. The van der Waals surface area contributed by atoms with Crippen LogP contribution in [-0.4, -0.2) is 32.3 Å². The first kappa shape index (κ1) is 11.6. The van der Waals surface area contributed by atoms with Crippen LogP contribution in [0.25, 0.3) is 0 Å². The lowest BCUT2D eigenvalue weighted by Gasteiger charge is -2.10. The molecule has 1 atom stereocenters. The number of esters is 1. The van der Waals surface area contributed by atoms with Crippen LogP contribution in [0.3, 0.4) is 0 Å². The zero-order valence-electron chi connectivity index (χ0n) is 7.71. The molecule has 70 valence electrons. The summed E-state index contributed by atoms with van der Waals surface area (Å²) in [6.07, 6.45) is 2.10. The highest BCUT2D eigenvalue weighted by atomic mass is 28.3. The van der Waals surface area contributed by atoms with Gasteiger partial charge in [0.15, 0.2) is 0 Å². The van der Waals surface area contributed by atoms with Crippen molar-refractivity contribution in [1.29, 1.82) is 0 Å². The van der Waals surface area contributed by atoms with E-state index in [4.69, 9.17) is 8.85 Å². The Hall–Kier alpha value is -0.396. The molecule has 0 saturated carbocycles. The maximum absolute atomic E-state index is 10.7. The van der Waals surface area contributed by atoms with E-state index in [1.165, 1.54) is 6.08 Å². The van der Waals surface area contributed by atoms with E-state index in [0.717, 1.165) is 23.0 Å². The van der Waals surface area contributed by atoms with Gasteiger partial charge in [-0.25, -0.2) is 4.79 Å². The van der Waals surface area contributed by atoms with Crippen molar-refractivity contribution in [2.45, 2.75) is 25.5 Å². The summed E-state index contributed by atoms with van der Waals surface area (Å²) in [5, 5.41) is 0. The van der Waals surface area contributed by atoms with Crippen molar-refractivity contribution in [1.82, 2.24) is 0 Å². The molecule has 0 aliphatic rings. The van der Waals surface area contributed by atoms with Gasteiger partial charge in [0.2, 0.25) is 0 Å². The van der Waals surface area contributed by atoms with Crippen LogP contribution in [0, 0.1) is 0 Å². The minimum Gasteiger partial charge on any atom is -0.468 e. The standard InChI is InChI=1S/C7H16O3Si2/c1-3-7(8)9-6(2)4-5-12-10-11/h3,6H,1,4-5,12H2,2,11H3. The maximum Gasteiger partial charge on any atom is 0.330 e. The van der Waals surface area contributed by atoms with Crippen molar-refractivity contribution in [3.05, 3.63) is 12.7 Å². The third-order valence-electron chi connectivity index (χ3n) is 1.44. The normalized spacial score (nSPS) is 13.4. The van der Waals surface area contributed by atoms with E-state index in [0.29, 0.717) is 0 Å². The largest absolute Gasteiger partial charge is 0.468 e. The molecule has 0 rings (SSSR count). The van der Waals surface area contributed by atoms with Gasteiger partial charge in [-0.3, -0.25) is 0 Å². The second-order valence-electron chi connectivity index (χ2n) is 2.59. The van der Waals surface area contributed by atoms with Gasteiger partial charge >= 0.3 is 5.97 Å². The first-order valence-corrected chi connectivity index (χ1v) is 6.42. The Morgan fingerprint density at radius 2 is 2.50 bits per heavy atom. The third-order valence-corrected chi connectivity index (χ3v) is 3.77. The molecule has 0 amide bonds. The average molecular weight is 204 g/mol. The number of carbonyl (C=O) groups is 1. The molecule has 0 fully saturated rings. The van der Waals surface area contributed by atoms with Crippen LogP contribution in [0.2, 0.25) is 6.04 Å². The van der Waals surface area contributed by atoms with Crippen molar-refractivity contribution in [2.24, 2.45) is 0 Å². The molecule has 0 aromatic heterocycles. The molecular weight excluding hydrogens is 188 g/mol. The zero-order valence-corrected chi connectivity index (χ0v) is 11.1. The highest BCUT2D eigenvalue weighted by molar-refractivity contribution is 6.34. The molecule has 0 aliphatic carbocycles. The predicted molar refractivity (Wildman–Crippen MR) is 54.7 cm³/mol. The van der Waals surface area contributed by atoms with E-state index in [-0.39, 0.29) is 21.8 Å². The van der Waals surface area contributed by atoms with Crippen LogP contribution >= 0.6 is 0 Å². The molecular formula is C7H16O3Si2. The van der Waals surface area contributed by atoms with Gasteiger partial charge in [-0.1, -0.05) is 6.58 Å². The molecule has 1 unspecified atom stereocenters. The smallest absolute Gasteiger partial charge is 0.330 e. The molecule has 0 aliphatic heterocycles. The number of ether oxygens (including phenoxy) is 1. The second-order valence-corrected chi connectivity index (χ2v) is 6.01. The Labute approximate surface area is 78.6 Å². The topological polar surface area (TPSA) is 35.5 Å². The van der Waals surface area contributed by atoms with Crippen molar-refractivity contribution in [3.63, 3.8) is 0 Å². The quantitative estimate of drug-likeness (QED) is 0.248. The lowest BCUT2D eigenvalue weighted by molar-refractivity contribution is -0.142. The molecule has 5 heteroatoms. The van der Waals surface area contributed by atoms with Gasteiger partial charge < -0.3 is 8.85 Å². The van der Waals surface area contributed by atoms with E-state index < -0.39 is 0 Å². The van der Waals surface area contributed by atoms with Crippen LogP contribution in [0.15, 0.2) is 12.7 Å². The molecule has 0 radical (unpaired) electrons. The molecule has 0 spiro atoms. The fraction of sp³-hybridized carbons (Fsp3) is 0.571. The van der Waals surface area contributed by atoms with Gasteiger partial charge in [0, 0.05) is 6.08 Å². The number of hydrogen-bond acceptors (Lipinski definition) is 3. The van der Waals surface area contributed by atoms with Crippen LogP contribution < -0.4 is 0 Å². The predicted octanol–water partition coefficient (Wildman–Crippen LogP) is -0.707. The number of hydrogen-bond donors (Lipinski definition) is 0. The van der Waals surface area contributed by atoms with Crippen molar-refractivity contribution in [2.75, 3.05) is 0 Å². The van der Waals surface area contributed by atoms with Crippen LogP contribution in [0.1, 0.15) is 13.3 Å². The molecule has 0 heterocycles. The number of carbonyl (C=O) groups excluding carboxylic acids is 1. The highest BCUT2D eigenvalue weighted by Gasteiger charge is 2.05. The summed E-state index contributed by atoms with van der Waals surface area (Å²) >= 11 is 0. The fourth-order valence-electron chi connectivity index (χ4n) is 0.820. The van der Waals surface area contributed by atoms with E-state index in [9.17, 15) is 4.79 Å². The van der Waals surface area contributed by atoms with E-state index >= 15 is 0 Å². The summed E-state index contributed by atoms with van der Waals surface area (Å²) in [6.45, 7) is 5.22. The zero-order chi connectivity index (χ0) is 9.40. The summed E-state index contributed by atoms with van der Waals surface area (Å²) in [5.74, 6) is -0.337. The van der Waals surface area contributed by atoms with Crippen molar-refractivity contribution >= 4 is 26.2 Å². The summed E-state index contributed by atoms with van der Waals surface area (Å²) in [4.78, 5) is 10.7. The monoisotopic (exact) mass is 204 g/mol. The lowest BCUT2D eigenvalue weighted by atomic mass is 10.3. The van der Waals surface area contributed by atoms with E-state index in [1.807, 2.05) is 6.92 Å². The summed E-state index contributed by atoms with van der Waals surface area (Å²) in [6, 6.07) is 1.08. The number of rotatable bonds is 6. The summed E-state index contributed by atoms with van der Waals surface area (Å²) in [5.41, 5.74) is 0. The van der Waals surface area contributed by atoms with Gasteiger partial charge in [0.1, 0.15) is 20.2 Å². The molecule has 0 aromatic carbocycles. The Bertz CT molecular complexity index is 150. The molecule has 12 heavy (non-hydrogen) atoms. The molecule has 0 saturated heterocycles. The minimum atomic E-state index is -0.337. The second kappa shape index (κ2) is 7.26. The van der Waals surface area contributed by atoms with Gasteiger partial charge in [-0.15, -0.1) is 0 Å². The van der Waals surface area contributed by atoms with Gasteiger partial charge in [-0.2, -0.15) is 0 Å². The minimum absolute atomic E-state index is 0.000170. The van der Waals surface area contributed by atoms with E-state index in [2.05, 4.69) is 6.58 Å². The lowest BCUT2D eigenvalue weighted by Crippen LogP contribution is -2.13. The highest BCUT2D eigenvalue weighted by Crippen LogP contribution is 2.01. The maximum atomic E-state index is 10.7. The Balaban J connectivity index is 3.38. The van der Waals surface area contributed by atoms with Gasteiger partial charge in [0.05, 0.1) is 6.10 Å². The Morgan fingerprint density at radius 3 is 3.00 bits per heavy atom. The SMILES string of the molecule is C=CC(=O)OC(C)CC[SiH2]O[SiH3]. The molecule has 0 bridgehead atoms. The average Bonchev–Trinajstić information content (AvgIpc) is 2.05. The fourth-order valence-corrected chi connectivity index (χ4v) is 2.72. The van der Waals surface area contributed by atoms with Crippen molar-refractivity contribution in [3.8, 4) is 0 Å². The first-order chi connectivity index (χ1) is 5.70. The van der Waals surface area contributed by atoms with Crippen LogP contribution in [0.5, 0.6) is 0 Å². The van der Waals surface area contributed by atoms with E-state index in [1.54, 1.807) is 0 Å². The molecule has 0 N–H and O–H groups in total. The Morgan fingerprint density at radius 1 is 1.83 bits per heavy atom.